The van der Waals surface area contributed by atoms with Gasteiger partial charge in [-0.2, -0.15) is 13.2 Å². The van der Waals surface area contributed by atoms with Gasteiger partial charge in [0, 0.05) is 17.6 Å². The number of fused-ring (bicyclic) bond motifs is 1. The van der Waals surface area contributed by atoms with Gasteiger partial charge in [-0.25, -0.2) is 0 Å². The van der Waals surface area contributed by atoms with Crippen LogP contribution in [0.1, 0.15) is 5.56 Å². The summed E-state index contributed by atoms with van der Waals surface area (Å²) in [5.74, 6) is 0.665. The molecule has 0 radical (unpaired) electrons. The molecule has 0 aliphatic rings. The van der Waals surface area contributed by atoms with Crippen molar-refractivity contribution in [1.82, 2.24) is 14.8 Å². The van der Waals surface area contributed by atoms with Crippen LogP contribution in [0, 0.1) is 0 Å². The van der Waals surface area contributed by atoms with Crippen molar-refractivity contribution in [3.63, 3.8) is 0 Å². The number of amides is 1. The lowest BCUT2D eigenvalue weighted by molar-refractivity contribution is -0.137. The van der Waals surface area contributed by atoms with E-state index in [0.29, 0.717) is 23.3 Å². The number of anilines is 1. The van der Waals surface area contributed by atoms with Gasteiger partial charge in [0.1, 0.15) is 5.58 Å². The summed E-state index contributed by atoms with van der Waals surface area (Å²) in [7, 11) is 0. The molecule has 2 aromatic heterocycles. The van der Waals surface area contributed by atoms with Crippen molar-refractivity contribution in [3.05, 3.63) is 72.8 Å². The first kappa shape index (κ1) is 21.7. The van der Waals surface area contributed by atoms with Crippen LogP contribution in [0.4, 0.5) is 18.9 Å². The highest BCUT2D eigenvalue weighted by Crippen LogP contribution is 2.31. The Bertz CT molecular complexity index is 1230. The molecule has 4 rings (SSSR count). The van der Waals surface area contributed by atoms with Gasteiger partial charge in [0.05, 0.1) is 11.3 Å². The summed E-state index contributed by atoms with van der Waals surface area (Å²) < 4.78 is 45.6. The maximum absolute atomic E-state index is 12.7. The summed E-state index contributed by atoms with van der Waals surface area (Å²) in [5.41, 5.74) is 0.223. The second-order valence-corrected chi connectivity index (χ2v) is 7.71. The van der Waals surface area contributed by atoms with E-state index in [1.165, 1.54) is 12.1 Å². The van der Waals surface area contributed by atoms with Crippen LogP contribution in [0.2, 0.25) is 0 Å². The molecule has 0 aliphatic heterocycles. The number of carbonyl (C=O) groups is 1. The van der Waals surface area contributed by atoms with E-state index in [1.54, 1.807) is 10.6 Å². The van der Waals surface area contributed by atoms with Gasteiger partial charge in [0.15, 0.2) is 10.9 Å². The van der Waals surface area contributed by atoms with Crippen molar-refractivity contribution in [2.75, 3.05) is 11.1 Å². The van der Waals surface area contributed by atoms with Crippen molar-refractivity contribution >= 4 is 34.3 Å². The number of carbonyl (C=O) groups excluding carboxylic acids is 1. The average Bonchev–Trinajstić information content (AvgIpc) is 3.36. The number of thioether (sulfide) groups is 1. The van der Waals surface area contributed by atoms with Crippen molar-refractivity contribution < 1.29 is 22.4 Å². The minimum atomic E-state index is -4.43. The molecule has 0 spiro atoms. The number of allylic oxidation sites excluding steroid dienone is 1. The molecule has 164 valence electrons. The van der Waals surface area contributed by atoms with Gasteiger partial charge < -0.3 is 9.73 Å². The molecule has 0 saturated heterocycles. The smallest absolute Gasteiger partial charge is 0.416 e. The third-order valence-electron chi connectivity index (χ3n) is 4.50. The third kappa shape index (κ3) is 4.70. The summed E-state index contributed by atoms with van der Waals surface area (Å²) in [6.07, 6.45) is -2.74. The number of para-hydroxylation sites is 1. The molecule has 2 heterocycles. The van der Waals surface area contributed by atoms with Crippen LogP contribution in [-0.4, -0.2) is 26.4 Å². The fraction of sp³-hybridized carbons (Fsp3) is 0.136. The fourth-order valence-corrected chi connectivity index (χ4v) is 3.78. The molecule has 0 bridgehead atoms. The standard InChI is InChI=1S/C22H17F3N4O2S/c1-2-11-29-20(18-12-14-5-3-4-6-17(14)31-18)27-28-21(29)32-13-19(30)26-16-9-7-15(8-10-16)22(23,24)25/h2-10,12H,1,11,13H2,(H,26,30). The molecule has 0 aliphatic carbocycles. The number of alkyl halides is 3. The minimum Gasteiger partial charge on any atom is -0.453 e. The molecule has 6 nitrogen and oxygen atoms in total. The predicted molar refractivity (Wildman–Crippen MR) is 116 cm³/mol. The summed E-state index contributed by atoms with van der Waals surface area (Å²) in [6.45, 7) is 4.16. The van der Waals surface area contributed by atoms with E-state index >= 15 is 0 Å². The van der Waals surface area contributed by atoms with Crippen molar-refractivity contribution in [1.29, 1.82) is 0 Å². The van der Waals surface area contributed by atoms with Gasteiger partial charge >= 0.3 is 6.18 Å². The van der Waals surface area contributed by atoms with E-state index in [0.717, 1.165) is 34.9 Å². The normalized spacial score (nSPS) is 11.6. The van der Waals surface area contributed by atoms with Crippen LogP contribution in [-0.2, 0) is 17.5 Å². The van der Waals surface area contributed by atoms with Crippen LogP contribution in [0.15, 0.2) is 76.8 Å². The molecule has 4 aromatic rings. The first-order chi connectivity index (χ1) is 15.3. The monoisotopic (exact) mass is 458 g/mol. The Balaban J connectivity index is 1.46. The van der Waals surface area contributed by atoms with E-state index in [9.17, 15) is 18.0 Å². The molecule has 32 heavy (non-hydrogen) atoms. The highest BCUT2D eigenvalue weighted by atomic mass is 32.2. The van der Waals surface area contributed by atoms with Crippen molar-refractivity contribution in [2.24, 2.45) is 0 Å². The lowest BCUT2D eigenvalue weighted by Gasteiger charge is -2.09. The van der Waals surface area contributed by atoms with Crippen LogP contribution in [0.25, 0.3) is 22.6 Å². The molecule has 0 fully saturated rings. The second-order valence-electron chi connectivity index (χ2n) is 6.77. The molecule has 1 N–H and O–H groups in total. The number of hydrogen-bond acceptors (Lipinski definition) is 5. The second kappa shape index (κ2) is 8.91. The molecular formula is C22H17F3N4O2S. The van der Waals surface area contributed by atoms with Gasteiger partial charge in [-0.1, -0.05) is 36.0 Å². The van der Waals surface area contributed by atoms with E-state index < -0.39 is 11.7 Å². The zero-order valence-electron chi connectivity index (χ0n) is 16.6. The van der Waals surface area contributed by atoms with E-state index in [1.807, 2.05) is 30.3 Å². The topological polar surface area (TPSA) is 73.0 Å². The minimum absolute atomic E-state index is 0.00354. The van der Waals surface area contributed by atoms with Crippen molar-refractivity contribution in [2.45, 2.75) is 17.9 Å². The predicted octanol–water partition coefficient (Wildman–Crippen LogP) is 5.63. The maximum Gasteiger partial charge on any atom is 0.416 e. The molecule has 0 unspecified atom stereocenters. The highest BCUT2D eigenvalue weighted by Gasteiger charge is 2.30. The summed E-state index contributed by atoms with van der Waals surface area (Å²) in [5, 5.41) is 12.4. The number of nitrogens with one attached hydrogen (secondary N) is 1. The number of furan rings is 1. The van der Waals surface area contributed by atoms with E-state index in [-0.39, 0.29) is 17.3 Å². The summed E-state index contributed by atoms with van der Waals surface area (Å²) >= 11 is 1.15. The largest absolute Gasteiger partial charge is 0.453 e. The number of rotatable bonds is 7. The highest BCUT2D eigenvalue weighted by molar-refractivity contribution is 7.99. The Kier molecular flexibility index (Phi) is 6.04. The number of hydrogen-bond donors (Lipinski definition) is 1. The van der Waals surface area contributed by atoms with Crippen LogP contribution < -0.4 is 5.32 Å². The third-order valence-corrected chi connectivity index (χ3v) is 5.47. The Hall–Kier alpha value is -3.53. The lowest BCUT2D eigenvalue weighted by atomic mass is 10.2. The van der Waals surface area contributed by atoms with Gasteiger partial charge in [-0.3, -0.25) is 9.36 Å². The van der Waals surface area contributed by atoms with Gasteiger partial charge in [0.25, 0.3) is 0 Å². The van der Waals surface area contributed by atoms with Gasteiger partial charge in [0.2, 0.25) is 11.7 Å². The SMILES string of the molecule is C=CCn1c(SCC(=O)Nc2ccc(C(F)(F)F)cc2)nnc1-c1cc2ccccc2o1. The Morgan fingerprint density at radius 2 is 1.91 bits per heavy atom. The van der Waals surface area contributed by atoms with Crippen LogP contribution in [0.5, 0.6) is 0 Å². The number of benzene rings is 2. The lowest BCUT2D eigenvalue weighted by Crippen LogP contribution is -2.15. The average molecular weight is 458 g/mol. The zero-order chi connectivity index (χ0) is 22.7. The fourth-order valence-electron chi connectivity index (χ4n) is 3.03. The molecule has 10 heteroatoms. The Morgan fingerprint density at radius 1 is 1.16 bits per heavy atom. The van der Waals surface area contributed by atoms with Crippen LogP contribution >= 0.6 is 11.8 Å². The van der Waals surface area contributed by atoms with Crippen LogP contribution in [0.3, 0.4) is 0 Å². The van der Waals surface area contributed by atoms with E-state index in [4.69, 9.17) is 4.42 Å². The maximum atomic E-state index is 12.7. The molecule has 1 amide bonds. The Morgan fingerprint density at radius 3 is 2.59 bits per heavy atom. The molecule has 0 saturated carbocycles. The first-order valence-electron chi connectivity index (χ1n) is 9.48. The van der Waals surface area contributed by atoms with Gasteiger partial charge in [-0.05, 0) is 36.4 Å². The Labute approximate surface area is 185 Å². The summed E-state index contributed by atoms with van der Waals surface area (Å²) in [6, 6.07) is 13.7. The van der Waals surface area contributed by atoms with Crippen molar-refractivity contribution in [3.8, 4) is 11.6 Å². The molecule has 2 aromatic carbocycles. The first-order valence-corrected chi connectivity index (χ1v) is 10.5. The molecule has 0 atom stereocenters. The van der Waals surface area contributed by atoms with E-state index in [2.05, 4.69) is 22.1 Å². The quantitative estimate of drug-likeness (QED) is 0.287. The molecular weight excluding hydrogens is 441 g/mol. The number of aromatic nitrogens is 3. The zero-order valence-corrected chi connectivity index (χ0v) is 17.4. The number of nitrogens with zero attached hydrogens (tertiary/aromatic N) is 3. The number of halogens is 3. The summed E-state index contributed by atoms with van der Waals surface area (Å²) in [4.78, 5) is 12.3. The van der Waals surface area contributed by atoms with Gasteiger partial charge in [-0.15, -0.1) is 16.8 Å².